The van der Waals surface area contributed by atoms with Gasteiger partial charge in [-0.25, -0.2) is 0 Å². The van der Waals surface area contributed by atoms with Gasteiger partial charge in [-0.1, -0.05) is 6.42 Å². The van der Waals surface area contributed by atoms with Crippen LogP contribution in [0.2, 0.25) is 0 Å². The minimum absolute atomic E-state index is 0.147. The number of hydrogen-bond donors (Lipinski definition) is 0. The van der Waals surface area contributed by atoms with Crippen molar-refractivity contribution in [3.05, 3.63) is 0 Å². The molecular formula is C9H17NO2. The van der Waals surface area contributed by atoms with Crippen molar-refractivity contribution in [2.24, 2.45) is 0 Å². The molecule has 0 radical (unpaired) electrons. The van der Waals surface area contributed by atoms with Gasteiger partial charge in [-0.3, -0.25) is 4.90 Å². The molecule has 0 saturated carbocycles. The van der Waals surface area contributed by atoms with E-state index in [0.29, 0.717) is 0 Å². The normalized spacial score (nSPS) is 25.6. The Morgan fingerprint density at radius 1 is 1.58 bits per heavy atom. The first-order valence-corrected chi connectivity index (χ1v) is 4.56. The predicted molar refractivity (Wildman–Crippen MR) is 47.2 cm³/mol. The minimum atomic E-state index is 0.147. The molecule has 1 unspecified atom stereocenters. The summed E-state index contributed by atoms with van der Waals surface area (Å²) < 4.78 is 4.98. The fraction of sp³-hybridized carbons (Fsp3) is 0.889. The van der Waals surface area contributed by atoms with Gasteiger partial charge in [0.1, 0.15) is 6.29 Å². The number of carbonyl (C=O) groups excluding carboxylic acids is 1. The molecule has 3 heteroatoms. The summed E-state index contributed by atoms with van der Waals surface area (Å²) in [6.45, 7) is 2.66. The Hall–Kier alpha value is -0.410. The third kappa shape index (κ3) is 2.57. The number of methoxy groups -OCH3 is 1. The Balaban J connectivity index is 2.31. The van der Waals surface area contributed by atoms with Crippen LogP contribution in [-0.2, 0) is 9.53 Å². The fourth-order valence-corrected chi connectivity index (χ4v) is 1.66. The second-order valence-electron chi connectivity index (χ2n) is 3.23. The third-order valence-corrected chi connectivity index (χ3v) is 2.40. The van der Waals surface area contributed by atoms with E-state index >= 15 is 0 Å². The Labute approximate surface area is 73.7 Å². The summed E-state index contributed by atoms with van der Waals surface area (Å²) in [6, 6.07) is 0.147. The summed E-state index contributed by atoms with van der Waals surface area (Å²) in [5.74, 6) is 0. The maximum atomic E-state index is 10.7. The number of aldehydes is 1. The van der Waals surface area contributed by atoms with Crippen molar-refractivity contribution in [3.63, 3.8) is 0 Å². The van der Waals surface area contributed by atoms with Gasteiger partial charge in [0.25, 0.3) is 0 Å². The molecule has 0 aromatic rings. The largest absolute Gasteiger partial charge is 0.383 e. The molecule has 1 fully saturated rings. The summed E-state index contributed by atoms with van der Waals surface area (Å²) in [7, 11) is 1.69. The van der Waals surface area contributed by atoms with Crippen molar-refractivity contribution in [2.75, 3.05) is 26.8 Å². The van der Waals surface area contributed by atoms with Crippen LogP contribution in [0.15, 0.2) is 0 Å². The molecule has 1 saturated heterocycles. The van der Waals surface area contributed by atoms with E-state index in [1.807, 2.05) is 0 Å². The highest BCUT2D eigenvalue weighted by Gasteiger charge is 2.20. The van der Waals surface area contributed by atoms with Gasteiger partial charge in [-0.05, 0) is 19.4 Å². The Morgan fingerprint density at radius 2 is 2.42 bits per heavy atom. The van der Waals surface area contributed by atoms with Crippen LogP contribution in [0.1, 0.15) is 19.3 Å². The van der Waals surface area contributed by atoms with Crippen molar-refractivity contribution < 1.29 is 9.53 Å². The molecule has 0 aromatic carbocycles. The maximum absolute atomic E-state index is 10.7. The summed E-state index contributed by atoms with van der Waals surface area (Å²) >= 11 is 0. The van der Waals surface area contributed by atoms with Crippen molar-refractivity contribution in [1.82, 2.24) is 4.90 Å². The van der Waals surface area contributed by atoms with Gasteiger partial charge in [-0.2, -0.15) is 0 Å². The van der Waals surface area contributed by atoms with E-state index in [9.17, 15) is 4.79 Å². The zero-order valence-electron chi connectivity index (χ0n) is 7.66. The van der Waals surface area contributed by atoms with Crippen molar-refractivity contribution >= 4 is 6.29 Å². The molecule has 1 rings (SSSR count). The molecule has 0 N–H and O–H groups in total. The summed E-state index contributed by atoms with van der Waals surface area (Å²) in [5, 5.41) is 0. The van der Waals surface area contributed by atoms with Crippen molar-refractivity contribution in [2.45, 2.75) is 25.3 Å². The predicted octanol–water partition coefficient (Wildman–Crippen LogP) is 0.686. The number of carbonyl (C=O) groups is 1. The van der Waals surface area contributed by atoms with Crippen LogP contribution in [0.4, 0.5) is 0 Å². The molecule has 12 heavy (non-hydrogen) atoms. The number of piperidine rings is 1. The third-order valence-electron chi connectivity index (χ3n) is 2.40. The van der Waals surface area contributed by atoms with Crippen LogP contribution in [0.25, 0.3) is 0 Å². The van der Waals surface area contributed by atoms with Gasteiger partial charge in [0, 0.05) is 13.7 Å². The van der Waals surface area contributed by atoms with Gasteiger partial charge in [0.05, 0.1) is 12.6 Å². The van der Waals surface area contributed by atoms with Crippen LogP contribution in [0, 0.1) is 0 Å². The molecule has 1 heterocycles. The van der Waals surface area contributed by atoms with Crippen LogP contribution in [0.5, 0.6) is 0 Å². The van der Waals surface area contributed by atoms with Gasteiger partial charge < -0.3 is 9.53 Å². The van der Waals surface area contributed by atoms with Gasteiger partial charge >= 0.3 is 0 Å². The number of rotatable bonds is 4. The second kappa shape index (κ2) is 5.27. The van der Waals surface area contributed by atoms with Crippen LogP contribution >= 0.6 is 0 Å². The zero-order valence-corrected chi connectivity index (χ0v) is 7.66. The zero-order chi connectivity index (χ0) is 8.81. The number of hydrogen-bond acceptors (Lipinski definition) is 3. The average Bonchev–Trinajstić information content (AvgIpc) is 2.15. The number of likely N-dealkylation sites (tertiary alicyclic amines) is 1. The highest BCUT2D eigenvalue weighted by atomic mass is 16.5. The Bertz CT molecular complexity index is 138. The molecule has 1 aliphatic heterocycles. The fourth-order valence-electron chi connectivity index (χ4n) is 1.66. The van der Waals surface area contributed by atoms with E-state index in [0.717, 1.165) is 32.4 Å². The SMILES string of the molecule is COCCN1CCCCC1C=O. The van der Waals surface area contributed by atoms with E-state index in [2.05, 4.69) is 4.90 Å². The molecule has 1 atom stereocenters. The standard InChI is InChI=1S/C9H17NO2/c1-12-7-6-10-5-3-2-4-9(10)8-11/h8-9H,2-7H2,1H3. The van der Waals surface area contributed by atoms with Crippen LogP contribution in [0.3, 0.4) is 0 Å². The van der Waals surface area contributed by atoms with E-state index in [-0.39, 0.29) is 6.04 Å². The number of ether oxygens (including phenoxy) is 1. The Kier molecular flexibility index (Phi) is 4.25. The maximum Gasteiger partial charge on any atom is 0.137 e. The first-order chi connectivity index (χ1) is 5.88. The molecule has 0 aliphatic carbocycles. The monoisotopic (exact) mass is 171 g/mol. The lowest BCUT2D eigenvalue weighted by atomic mass is 10.0. The van der Waals surface area contributed by atoms with E-state index < -0.39 is 0 Å². The highest BCUT2D eigenvalue weighted by molar-refractivity contribution is 5.57. The van der Waals surface area contributed by atoms with Gasteiger partial charge in [0.15, 0.2) is 0 Å². The molecule has 0 aromatic heterocycles. The Morgan fingerprint density at radius 3 is 3.08 bits per heavy atom. The first-order valence-electron chi connectivity index (χ1n) is 4.56. The summed E-state index contributed by atoms with van der Waals surface area (Å²) in [4.78, 5) is 12.9. The molecule has 3 nitrogen and oxygen atoms in total. The molecule has 0 amide bonds. The van der Waals surface area contributed by atoms with Crippen molar-refractivity contribution in [1.29, 1.82) is 0 Å². The second-order valence-corrected chi connectivity index (χ2v) is 3.23. The molecule has 70 valence electrons. The van der Waals surface area contributed by atoms with E-state index in [4.69, 9.17) is 4.74 Å². The first kappa shape index (κ1) is 9.68. The summed E-state index contributed by atoms with van der Waals surface area (Å²) in [5.41, 5.74) is 0. The van der Waals surface area contributed by atoms with Crippen LogP contribution < -0.4 is 0 Å². The van der Waals surface area contributed by atoms with E-state index in [1.54, 1.807) is 7.11 Å². The van der Waals surface area contributed by atoms with Gasteiger partial charge in [-0.15, -0.1) is 0 Å². The topological polar surface area (TPSA) is 29.5 Å². The van der Waals surface area contributed by atoms with E-state index in [1.165, 1.54) is 12.8 Å². The molecule has 0 spiro atoms. The highest BCUT2D eigenvalue weighted by Crippen LogP contribution is 2.14. The minimum Gasteiger partial charge on any atom is -0.383 e. The lowest BCUT2D eigenvalue weighted by Crippen LogP contribution is -2.42. The van der Waals surface area contributed by atoms with Crippen molar-refractivity contribution in [3.8, 4) is 0 Å². The lowest BCUT2D eigenvalue weighted by molar-refractivity contribution is -0.113. The quantitative estimate of drug-likeness (QED) is 0.583. The summed E-state index contributed by atoms with van der Waals surface area (Å²) in [6.07, 6.45) is 4.49. The number of nitrogens with zero attached hydrogens (tertiary/aromatic N) is 1. The molecule has 1 aliphatic rings. The lowest BCUT2D eigenvalue weighted by Gasteiger charge is -2.31. The molecule has 0 bridgehead atoms. The van der Waals surface area contributed by atoms with Crippen LogP contribution in [-0.4, -0.2) is 44.0 Å². The van der Waals surface area contributed by atoms with Gasteiger partial charge in [0.2, 0.25) is 0 Å². The molecular weight excluding hydrogens is 154 g/mol. The average molecular weight is 171 g/mol. The smallest absolute Gasteiger partial charge is 0.137 e.